The molecule has 0 spiro atoms. The normalized spacial score (nSPS) is 10.8. The Bertz CT molecular complexity index is 383. The molecule has 0 aromatic heterocycles. The zero-order valence-electron chi connectivity index (χ0n) is 13.1. The van der Waals surface area contributed by atoms with Crippen molar-refractivity contribution in [3.8, 4) is 11.5 Å². The summed E-state index contributed by atoms with van der Waals surface area (Å²) >= 11 is 1.85. The lowest BCUT2D eigenvalue weighted by Gasteiger charge is -2.17. The van der Waals surface area contributed by atoms with Crippen LogP contribution in [0.25, 0.3) is 0 Å². The van der Waals surface area contributed by atoms with Crippen LogP contribution in [0, 0.1) is 0 Å². The van der Waals surface area contributed by atoms with Crippen molar-refractivity contribution in [2.75, 3.05) is 25.2 Å². The number of nitrogens with one attached hydrogen (secondary N) is 1. The van der Waals surface area contributed by atoms with E-state index in [9.17, 15) is 0 Å². The first-order valence-electron chi connectivity index (χ1n) is 7.28. The second kappa shape index (κ2) is 9.94. The Hall–Kier alpha value is -0.870. The summed E-state index contributed by atoms with van der Waals surface area (Å²) in [6.07, 6.45) is 3.17. The first-order chi connectivity index (χ1) is 9.69. The quantitative estimate of drug-likeness (QED) is 0.667. The van der Waals surface area contributed by atoms with Crippen LogP contribution in [0.1, 0.15) is 32.8 Å². The molecule has 0 aliphatic carbocycles. The summed E-state index contributed by atoms with van der Waals surface area (Å²) in [5.74, 6) is 2.86. The Morgan fingerprint density at radius 2 is 2.05 bits per heavy atom. The van der Waals surface area contributed by atoms with Crippen molar-refractivity contribution in [3.05, 3.63) is 23.8 Å². The van der Waals surface area contributed by atoms with E-state index in [4.69, 9.17) is 9.47 Å². The van der Waals surface area contributed by atoms with Crippen molar-refractivity contribution < 1.29 is 9.47 Å². The van der Waals surface area contributed by atoms with Gasteiger partial charge in [-0.25, -0.2) is 0 Å². The fourth-order valence-corrected chi connectivity index (χ4v) is 2.23. The summed E-state index contributed by atoms with van der Waals surface area (Å²) in [6, 6.07) is 6.56. The third kappa shape index (κ3) is 6.06. The lowest BCUT2D eigenvalue weighted by Crippen LogP contribution is -2.22. The summed E-state index contributed by atoms with van der Waals surface area (Å²) < 4.78 is 11.7. The molecule has 0 saturated heterocycles. The smallest absolute Gasteiger partial charge is 0.165 e. The van der Waals surface area contributed by atoms with Crippen LogP contribution < -0.4 is 14.8 Å². The highest BCUT2D eigenvalue weighted by Crippen LogP contribution is 2.31. The molecule has 0 aliphatic heterocycles. The van der Waals surface area contributed by atoms with Gasteiger partial charge < -0.3 is 14.8 Å². The third-order valence-electron chi connectivity index (χ3n) is 2.80. The van der Waals surface area contributed by atoms with Crippen LogP contribution in [-0.2, 0) is 6.54 Å². The molecule has 0 bridgehead atoms. The topological polar surface area (TPSA) is 30.5 Å². The monoisotopic (exact) mass is 297 g/mol. The fraction of sp³-hybridized carbons (Fsp3) is 0.625. The van der Waals surface area contributed by atoms with Gasteiger partial charge in [0.1, 0.15) is 0 Å². The molecule has 0 amide bonds. The van der Waals surface area contributed by atoms with Gasteiger partial charge in [-0.3, -0.25) is 0 Å². The van der Waals surface area contributed by atoms with Crippen LogP contribution in [0.4, 0.5) is 0 Å². The highest BCUT2D eigenvalue weighted by Gasteiger charge is 2.11. The highest BCUT2D eigenvalue weighted by atomic mass is 32.2. The molecule has 0 heterocycles. The van der Waals surface area contributed by atoms with Gasteiger partial charge >= 0.3 is 0 Å². The van der Waals surface area contributed by atoms with E-state index in [2.05, 4.69) is 31.5 Å². The van der Waals surface area contributed by atoms with Gasteiger partial charge in [0.05, 0.1) is 13.2 Å². The molecule has 0 saturated carbocycles. The predicted octanol–water partition coefficient (Wildman–Crippen LogP) is 3.72. The Kier molecular flexibility index (Phi) is 8.54. The van der Waals surface area contributed by atoms with Crippen LogP contribution in [0.5, 0.6) is 11.5 Å². The molecule has 1 aromatic carbocycles. The van der Waals surface area contributed by atoms with Crippen LogP contribution >= 0.6 is 11.8 Å². The lowest BCUT2D eigenvalue weighted by molar-refractivity contribution is 0.274. The Labute approximate surface area is 127 Å². The van der Waals surface area contributed by atoms with Crippen LogP contribution in [0.3, 0.4) is 0 Å². The molecule has 20 heavy (non-hydrogen) atoms. The van der Waals surface area contributed by atoms with Gasteiger partial charge in [0.2, 0.25) is 0 Å². The van der Waals surface area contributed by atoms with E-state index in [-0.39, 0.29) is 0 Å². The van der Waals surface area contributed by atoms with Crippen LogP contribution in [0.15, 0.2) is 18.2 Å². The number of ether oxygens (including phenoxy) is 2. The van der Waals surface area contributed by atoms with E-state index in [1.54, 1.807) is 0 Å². The maximum absolute atomic E-state index is 5.98. The number of para-hydroxylation sites is 1. The molecular weight excluding hydrogens is 270 g/mol. The first-order valence-corrected chi connectivity index (χ1v) is 8.68. The van der Waals surface area contributed by atoms with Crippen molar-refractivity contribution in [2.24, 2.45) is 0 Å². The molecule has 114 valence electrons. The molecule has 4 heteroatoms. The van der Waals surface area contributed by atoms with Crippen molar-refractivity contribution >= 4 is 11.8 Å². The summed E-state index contributed by atoms with van der Waals surface area (Å²) in [6.45, 7) is 8.48. The summed E-state index contributed by atoms with van der Waals surface area (Å²) in [5.41, 5.74) is 1.16. The first kappa shape index (κ1) is 17.2. The van der Waals surface area contributed by atoms with Gasteiger partial charge in [-0.2, -0.15) is 11.8 Å². The van der Waals surface area contributed by atoms with Gasteiger partial charge in [-0.05, 0) is 31.4 Å². The minimum Gasteiger partial charge on any atom is -0.490 e. The SMILES string of the molecule is CCOc1cccc(CNC(C)C)c1OCCCSC. The van der Waals surface area contributed by atoms with E-state index in [0.29, 0.717) is 12.6 Å². The predicted molar refractivity (Wildman–Crippen MR) is 88.1 cm³/mol. The summed E-state index contributed by atoms with van der Waals surface area (Å²) in [5, 5.41) is 3.43. The molecule has 0 atom stereocenters. The largest absolute Gasteiger partial charge is 0.490 e. The van der Waals surface area contributed by atoms with E-state index in [1.807, 2.05) is 30.8 Å². The molecule has 1 N–H and O–H groups in total. The molecule has 0 radical (unpaired) electrons. The van der Waals surface area contributed by atoms with Gasteiger partial charge in [-0.1, -0.05) is 26.0 Å². The second-order valence-electron chi connectivity index (χ2n) is 4.91. The van der Waals surface area contributed by atoms with Crippen molar-refractivity contribution in [1.82, 2.24) is 5.32 Å². The van der Waals surface area contributed by atoms with Crippen LogP contribution in [-0.4, -0.2) is 31.3 Å². The number of benzene rings is 1. The number of rotatable bonds is 10. The summed E-state index contributed by atoms with van der Waals surface area (Å²) in [4.78, 5) is 0. The van der Waals surface area contributed by atoms with Crippen molar-refractivity contribution in [1.29, 1.82) is 0 Å². The number of hydrogen-bond donors (Lipinski definition) is 1. The minimum absolute atomic E-state index is 0.454. The molecule has 1 aromatic rings. The molecular formula is C16H27NO2S. The highest BCUT2D eigenvalue weighted by molar-refractivity contribution is 7.98. The second-order valence-corrected chi connectivity index (χ2v) is 5.89. The van der Waals surface area contributed by atoms with Crippen LogP contribution in [0.2, 0.25) is 0 Å². The zero-order chi connectivity index (χ0) is 14.8. The van der Waals surface area contributed by atoms with E-state index >= 15 is 0 Å². The van der Waals surface area contributed by atoms with Gasteiger partial charge in [-0.15, -0.1) is 0 Å². The van der Waals surface area contributed by atoms with E-state index in [0.717, 1.165) is 42.4 Å². The van der Waals surface area contributed by atoms with Crippen molar-refractivity contribution in [3.63, 3.8) is 0 Å². The Morgan fingerprint density at radius 3 is 2.70 bits per heavy atom. The lowest BCUT2D eigenvalue weighted by atomic mass is 10.1. The Balaban J connectivity index is 2.76. The molecule has 3 nitrogen and oxygen atoms in total. The molecule has 0 unspecified atom stereocenters. The average molecular weight is 297 g/mol. The fourth-order valence-electron chi connectivity index (χ4n) is 1.83. The van der Waals surface area contributed by atoms with Gasteiger partial charge in [0.15, 0.2) is 11.5 Å². The van der Waals surface area contributed by atoms with Gasteiger partial charge in [0, 0.05) is 18.2 Å². The maximum Gasteiger partial charge on any atom is 0.165 e. The molecule has 0 fully saturated rings. The molecule has 0 aliphatic rings. The third-order valence-corrected chi connectivity index (χ3v) is 3.50. The summed E-state index contributed by atoms with van der Waals surface area (Å²) in [7, 11) is 0. The zero-order valence-corrected chi connectivity index (χ0v) is 13.9. The van der Waals surface area contributed by atoms with Gasteiger partial charge in [0.25, 0.3) is 0 Å². The standard InChI is InChI=1S/C16H27NO2S/c1-5-18-15-9-6-8-14(12-17-13(2)3)16(15)19-10-7-11-20-4/h6,8-9,13,17H,5,7,10-12H2,1-4H3. The molecule has 1 rings (SSSR count). The number of thioether (sulfide) groups is 1. The number of hydrogen-bond acceptors (Lipinski definition) is 4. The van der Waals surface area contributed by atoms with Crippen molar-refractivity contribution in [2.45, 2.75) is 39.8 Å². The minimum atomic E-state index is 0.454. The van der Waals surface area contributed by atoms with E-state index in [1.165, 1.54) is 0 Å². The van der Waals surface area contributed by atoms with E-state index < -0.39 is 0 Å². The Morgan fingerprint density at radius 1 is 1.25 bits per heavy atom. The average Bonchev–Trinajstić information content (AvgIpc) is 2.43. The maximum atomic E-state index is 5.98.